The molecule has 0 aliphatic rings. The lowest BCUT2D eigenvalue weighted by atomic mass is 10.0. The van der Waals surface area contributed by atoms with Crippen LogP contribution < -0.4 is 5.32 Å². The second kappa shape index (κ2) is 9.04. The average Bonchev–Trinajstić information content (AvgIpc) is 2.53. The molecule has 116 valence electrons. The lowest BCUT2D eigenvalue weighted by Crippen LogP contribution is -2.05. The van der Waals surface area contributed by atoms with Gasteiger partial charge in [0.1, 0.15) is 0 Å². The molecule has 2 heteroatoms. The largest absolute Gasteiger partial charge is 0.326 e. The zero-order valence-electron chi connectivity index (χ0n) is 13.3. The van der Waals surface area contributed by atoms with Crippen molar-refractivity contribution in [2.24, 2.45) is 0 Å². The summed E-state index contributed by atoms with van der Waals surface area (Å²) in [5.41, 5.74) is 3.66. The molecule has 0 saturated heterocycles. The monoisotopic (exact) mass is 295 g/mol. The number of hydrogen-bond acceptors (Lipinski definition) is 1. The third kappa shape index (κ3) is 6.13. The van der Waals surface area contributed by atoms with Crippen LogP contribution in [0.15, 0.2) is 54.6 Å². The van der Waals surface area contributed by atoms with Crippen LogP contribution in [0.2, 0.25) is 0 Å². The molecular weight excluding hydrogens is 270 g/mol. The van der Waals surface area contributed by atoms with E-state index in [9.17, 15) is 4.79 Å². The van der Waals surface area contributed by atoms with E-state index in [0.717, 1.165) is 12.1 Å². The molecule has 1 amide bonds. The fourth-order valence-electron chi connectivity index (χ4n) is 2.61. The van der Waals surface area contributed by atoms with E-state index in [1.807, 2.05) is 12.1 Å². The molecule has 0 radical (unpaired) electrons. The molecule has 0 unspecified atom stereocenters. The zero-order chi connectivity index (χ0) is 15.6. The first-order chi connectivity index (χ1) is 10.7. The van der Waals surface area contributed by atoms with E-state index >= 15 is 0 Å². The Morgan fingerprint density at radius 3 is 1.86 bits per heavy atom. The third-order valence-electron chi connectivity index (χ3n) is 3.80. The van der Waals surface area contributed by atoms with Gasteiger partial charge in [0.15, 0.2) is 0 Å². The van der Waals surface area contributed by atoms with Gasteiger partial charge in [-0.1, -0.05) is 55.3 Å². The molecule has 0 aromatic heterocycles. The Balaban J connectivity index is 1.59. The topological polar surface area (TPSA) is 29.1 Å². The molecule has 0 aliphatic heterocycles. The number of rotatable bonds is 8. The lowest BCUT2D eigenvalue weighted by Gasteiger charge is -2.05. The van der Waals surface area contributed by atoms with E-state index in [4.69, 9.17) is 0 Å². The lowest BCUT2D eigenvalue weighted by molar-refractivity contribution is -0.114. The Kier molecular flexibility index (Phi) is 6.69. The summed E-state index contributed by atoms with van der Waals surface area (Å²) in [6.07, 6.45) is 7.37. The molecule has 0 heterocycles. The van der Waals surface area contributed by atoms with Crippen LogP contribution in [0, 0.1) is 0 Å². The molecule has 2 aromatic carbocycles. The molecule has 2 aromatic rings. The normalized spacial score (nSPS) is 10.4. The maximum atomic E-state index is 11.0. The summed E-state index contributed by atoms with van der Waals surface area (Å²) < 4.78 is 0. The van der Waals surface area contributed by atoms with Gasteiger partial charge in [-0.2, -0.15) is 0 Å². The van der Waals surface area contributed by atoms with Crippen molar-refractivity contribution in [2.75, 3.05) is 5.32 Å². The predicted octanol–water partition coefficient (Wildman–Crippen LogP) is 4.99. The van der Waals surface area contributed by atoms with E-state index in [-0.39, 0.29) is 5.91 Å². The molecule has 0 aliphatic carbocycles. The first-order valence-electron chi connectivity index (χ1n) is 8.14. The maximum Gasteiger partial charge on any atom is 0.221 e. The number of carbonyl (C=O) groups is 1. The highest BCUT2D eigenvalue weighted by atomic mass is 16.1. The Labute approximate surface area is 133 Å². The van der Waals surface area contributed by atoms with Crippen LogP contribution in [0.5, 0.6) is 0 Å². The smallest absolute Gasteiger partial charge is 0.221 e. The fourth-order valence-corrected chi connectivity index (χ4v) is 2.61. The van der Waals surface area contributed by atoms with Gasteiger partial charge in [0, 0.05) is 12.6 Å². The molecule has 1 N–H and O–H groups in total. The first kappa shape index (κ1) is 16.3. The van der Waals surface area contributed by atoms with Crippen LogP contribution in [0.3, 0.4) is 0 Å². The molecule has 22 heavy (non-hydrogen) atoms. The number of aryl methyl sites for hydroxylation is 2. The van der Waals surface area contributed by atoms with E-state index in [1.54, 1.807) is 0 Å². The molecule has 0 saturated carbocycles. The van der Waals surface area contributed by atoms with Crippen LogP contribution in [0.25, 0.3) is 0 Å². The van der Waals surface area contributed by atoms with E-state index in [0.29, 0.717) is 0 Å². The summed E-state index contributed by atoms with van der Waals surface area (Å²) in [7, 11) is 0. The molecular formula is C20H25NO. The summed E-state index contributed by atoms with van der Waals surface area (Å²) in [4.78, 5) is 11.0. The minimum Gasteiger partial charge on any atom is -0.326 e. The average molecular weight is 295 g/mol. The standard InChI is InChI=1S/C20H25NO/c1-17(22)21-20-15-13-19(14-16-20)12-6-3-2-5-9-18-10-7-4-8-11-18/h4,7-8,10-11,13-16H,2-3,5-6,9,12H2,1H3,(H,21,22). The Morgan fingerprint density at radius 1 is 0.773 bits per heavy atom. The minimum atomic E-state index is -0.0221. The fraction of sp³-hybridized carbons (Fsp3) is 0.350. The number of amides is 1. The van der Waals surface area contributed by atoms with E-state index < -0.39 is 0 Å². The molecule has 0 atom stereocenters. The molecule has 0 fully saturated rings. The summed E-state index contributed by atoms with van der Waals surface area (Å²) in [6.45, 7) is 1.53. The van der Waals surface area contributed by atoms with Crippen molar-refractivity contribution in [1.29, 1.82) is 0 Å². The van der Waals surface area contributed by atoms with Crippen LogP contribution in [0.1, 0.15) is 43.7 Å². The quantitative estimate of drug-likeness (QED) is 0.683. The Bertz CT molecular complexity index is 560. The molecule has 0 spiro atoms. The third-order valence-corrected chi connectivity index (χ3v) is 3.80. The van der Waals surface area contributed by atoms with Crippen molar-refractivity contribution < 1.29 is 4.79 Å². The van der Waals surface area contributed by atoms with E-state index in [2.05, 4.69) is 47.8 Å². The molecule has 0 bridgehead atoms. The van der Waals surface area contributed by atoms with Crippen LogP contribution in [0.4, 0.5) is 5.69 Å². The van der Waals surface area contributed by atoms with Crippen molar-refractivity contribution >= 4 is 11.6 Å². The summed E-state index contributed by atoms with van der Waals surface area (Å²) >= 11 is 0. The first-order valence-corrected chi connectivity index (χ1v) is 8.14. The van der Waals surface area contributed by atoms with Gasteiger partial charge >= 0.3 is 0 Å². The van der Waals surface area contributed by atoms with Gasteiger partial charge in [0.25, 0.3) is 0 Å². The summed E-state index contributed by atoms with van der Waals surface area (Å²) in [5, 5.41) is 2.79. The SMILES string of the molecule is CC(=O)Nc1ccc(CCCCCCc2ccccc2)cc1. The van der Waals surface area contributed by atoms with Crippen molar-refractivity contribution in [3.05, 3.63) is 65.7 Å². The number of unbranched alkanes of at least 4 members (excludes halogenated alkanes) is 3. The number of anilines is 1. The van der Waals surface area contributed by atoms with Gasteiger partial charge < -0.3 is 5.32 Å². The van der Waals surface area contributed by atoms with Crippen molar-refractivity contribution in [1.82, 2.24) is 0 Å². The second-order valence-electron chi connectivity index (χ2n) is 5.78. The summed E-state index contributed by atoms with van der Waals surface area (Å²) in [5.74, 6) is -0.0221. The van der Waals surface area contributed by atoms with Crippen molar-refractivity contribution in [3.8, 4) is 0 Å². The van der Waals surface area contributed by atoms with Crippen LogP contribution >= 0.6 is 0 Å². The van der Waals surface area contributed by atoms with Gasteiger partial charge in [-0.25, -0.2) is 0 Å². The van der Waals surface area contributed by atoms with Crippen LogP contribution in [-0.2, 0) is 17.6 Å². The Morgan fingerprint density at radius 2 is 1.32 bits per heavy atom. The number of nitrogens with one attached hydrogen (secondary N) is 1. The number of carbonyl (C=O) groups excluding carboxylic acids is 1. The minimum absolute atomic E-state index is 0.0221. The highest BCUT2D eigenvalue weighted by Crippen LogP contribution is 2.13. The Hall–Kier alpha value is -2.09. The molecule has 2 rings (SSSR count). The second-order valence-corrected chi connectivity index (χ2v) is 5.78. The van der Waals surface area contributed by atoms with Gasteiger partial charge in [-0.05, 0) is 48.9 Å². The number of hydrogen-bond donors (Lipinski definition) is 1. The highest BCUT2D eigenvalue weighted by Gasteiger charge is 1.98. The van der Waals surface area contributed by atoms with Crippen molar-refractivity contribution in [2.45, 2.75) is 45.4 Å². The summed E-state index contributed by atoms with van der Waals surface area (Å²) in [6, 6.07) is 18.9. The van der Waals surface area contributed by atoms with Crippen molar-refractivity contribution in [3.63, 3.8) is 0 Å². The molecule has 2 nitrogen and oxygen atoms in total. The maximum absolute atomic E-state index is 11.0. The number of benzene rings is 2. The van der Waals surface area contributed by atoms with E-state index in [1.165, 1.54) is 50.2 Å². The predicted molar refractivity (Wildman–Crippen MR) is 93.1 cm³/mol. The zero-order valence-corrected chi connectivity index (χ0v) is 13.3. The highest BCUT2D eigenvalue weighted by molar-refractivity contribution is 5.88. The van der Waals surface area contributed by atoms with Gasteiger partial charge in [0.2, 0.25) is 5.91 Å². The van der Waals surface area contributed by atoms with Gasteiger partial charge in [-0.3, -0.25) is 4.79 Å². The van der Waals surface area contributed by atoms with Gasteiger partial charge in [0.05, 0.1) is 0 Å². The van der Waals surface area contributed by atoms with Crippen LogP contribution in [-0.4, -0.2) is 5.91 Å². The van der Waals surface area contributed by atoms with Gasteiger partial charge in [-0.15, -0.1) is 0 Å².